The summed E-state index contributed by atoms with van der Waals surface area (Å²) in [6.07, 6.45) is 2.59. The molecule has 1 atom stereocenters. The Bertz CT molecular complexity index is 603. The van der Waals surface area contributed by atoms with E-state index in [0.717, 1.165) is 24.1 Å². The molecule has 0 aliphatic carbocycles. The van der Waals surface area contributed by atoms with Crippen molar-refractivity contribution in [1.82, 2.24) is 9.78 Å². The maximum atomic E-state index is 11.7. The highest BCUT2D eigenvalue weighted by atomic mass is 32.2. The Morgan fingerprint density at radius 1 is 1.33 bits per heavy atom. The smallest absolute Gasteiger partial charge is 0.152 e. The van der Waals surface area contributed by atoms with Gasteiger partial charge < -0.3 is 5.73 Å². The molecule has 2 rings (SSSR count). The summed E-state index contributed by atoms with van der Waals surface area (Å²) in [5.41, 5.74) is 8.42. The second kappa shape index (κ2) is 5.99. The maximum Gasteiger partial charge on any atom is 0.152 e. The van der Waals surface area contributed by atoms with Crippen molar-refractivity contribution < 1.29 is 8.42 Å². The predicted octanol–water partition coefficient (Wildman–Crippen LogP) is 2.54. The van der Waals surface area contributed by atoms with Crippen LogP contribution in [0.1, 0.15) is 63.8 Å². The molecule has 0 bridgehead atoms. The number of hydrogen-bond donors (Lipinski definition) is 1. The zero-order valence-electron chi connectivity index (χ0n) is 13.5. The summed E-state index contributed by atoms with van der Waals surface area (Å²) >= 11 is 0. The van der Waals surface area contributed by atoms with Gasteiger partial charge in [-0.2, -0.15) is 5.10 Å². The molecule has 0 amide bonds. The van der Waals surface area contributed by atoms with Crippen LogP contribution in [0.25, 0.3) is 0 Å². The largest absolute Gasteiger partial charge is 0.384 e. The number of nitrogens with two attached hydrogens (primary N) is 1. The molecule has 1 aliphatic rings. The van der Waals surface area contributed by atoms with Crippen LogP contribution in [0, 0.1) is 5.92 Å². The molecule has 6 heteroatoms. The van der Waals surface area contributed by atoms with Gasteiger partial charge >= 0.3 is 0 Å². The Morgan fingerprint density at radius 3 is 2.48 bits per heavy atom. The standard InChI is InChI=1S/C15H27N3O2S/c1-10(2)5-6-13-14(11(3)4)15(16)18(17-13)12-7-8-21(19,20)9-12/h10-12H,5-9,16H2,1-4H3. The van der Waals surface area contributed by atoms with Gasteiger partial charge in [0.25, 0.3) is 0 Å². The van der Waals surface area contributed by atoms with Crippen LogP contribution in [-0.2, 0) is 16.3 Å². The van der Waals surface area contributed by atoms with Crippen molar-refractivity contribution in [3.05, 3.63) is 11.3 Å². The SMILES string of the molecule is CC(C)CCc1nn(C2CCS(=O)(=O)C2)c(N)c1C(C)C. The molecule has 120 valence electrons. The molecule has 5 nitrogen and oxygen atoms in total. The molecule has 1 aromatic rings. The van der Waals surface area contributed by atoms with Crippen LogP contribution in [0.3, 0.4) is 0 Å². The number of aryl methyl sites for hydroxylation is 1. The fourth-order valence-corrected chi connectivity index (χ4v) is 4.69. The van der Waals surface area contributed by atoms with Crippen LogP contribution in [-0.4, -0.2) is 29.7 Å². The minimum atomic E-state index is -2.93. The van der Waals surface area contributed by atoms with E-state index in [0.29, 0.717) is 24.1 Å². The normalized spacial score (nSPS) is 21.5. The summed E-state index contributed by atoms with van der Waals surface area (Å²) in [4.78, 5) is 0. The van der Waals surface area contributed by atoms with E-state index in [4.69, 9.17) is 5.73 Å². The van der Waals surface area contributed by atoms with Crippen molar-refractivity contribution in [2.75, 3.05) is 17.2 Å². The maximum absolute atomic E-state index is 11.7. The number of aromatic nitrogens is 2. The van der Waals surface area contributed by atoms with Gasteiger partial charge in [0.2, 0.25) is 0 Å². The fraction of sp³-hybridized carbons (Fsp3) is 0.800. The lowest BCUT2D eigenvalue weighted by Crippen LogP contribution is -2.15. The van der Waals surface area contributed by atoms with Gasteiger partial charge in [-0.25, -0.2) is 13.1 Å². The molecular formula is C15H27N3O2S. The molecule has 1 aromatic heterocycles. The monoisotopic (exact) mass is 313 g/mol. The summed E-state index contributed by atoms with van der Waals surface area (Å²) in [5, 5.41) is 4.68. The summed E-state index contributed by atoms with van der Waals surface area (Å²) in [6.45, 7) is 8.61. The molecule has 0 aromatic carbocycles. The topological polar surface area (TPSA) is 78.0 Å². The van der Waals surface area contributed by atoms with Crippen LogP contribution in [0.4, 0.5) is 5.82 Å². The molecule has 1 fully saturated rings. The van der Waals surface area contributed by atoms with Crippen molar-refractivity contribution >= 4 is 15.7 Å². The predicted molar refractivity (Wildman–Crippen MR) is 86.2 cm³/mol. The first kappa shape index (κ1) is 16.3. The molecule has 2 heterocycles. The van der Waals surface area contributed by atoms with E-state index in [1.807, 2.05) is 0 Å². The molecule has 0 spiro atoms. The quantitative estimate of drug-likeness (QED) is 0.906. The third-order valence-electron chi connectivity index (χ3n) is 4.15. The van der Waals surface area contributed by atoms with Gasteiger partial charge in [-0.3, -0.25) is 0 Å². The molecule has 21 heavy (non-hydrogen) atoms. The number of anilines is 1. The molecule has 2 N–H and O–H groups in total. The number of nitrogens with zero attached hydrogens (tertiary/aromatic N) is 2. The van der Waals surface area contributed by atoms with Gasteiger partial charge in [0, 0.05) is 5.56 Å². The summed E-state index contributed by atoms with van der Waals surface area (Å²) in [5.74, 6) is 1.99. The second-order valence-corrected chi connectivity index (χ2v) is 9.06. The highest BCUT2D eigenvalue weighted by molar-refractivity contribution is 7.91. The van der Waals surface area contributed by atoms with Crippen LogP contribution in [0.15, 0.2) is 0 Å². The third kappa shape index (κ3) is 3.59. The van der Waals surface area contributed by atoms with E-state index in [9.17, 15) is 8.42 Å². The molecule has 1 aliphatic heterocycles. The highest BCUT2D eigenvalue weighted by Crippen LogP contribution is 2.33. The van der Waals surface area contributed by atoms with Crippen LogP contribution >= 0.6 is 0 Å². The van der Waals surface area contributed by atoms with E-state index in [1.54, 1.807) is 4.68 Å². The van der Waals surface area contributed by atoms with Gasteiger partial charge in [-0.05, 0) is 31.1 Å². The Hall–Kier alpha value is -1.04. The molecular weight excluding hydrogens is 286 g/mol. The fourth-order valence-electron chi connectivity index (χ4n) is 2.99. The van der Waals surface area contributed by atoms with Crippen molar-refractivity contribution in [2.24, 2.45) is 5.92 Å². The second-order valence-electron chi connectivity index (χ2n) is 6.83. The summed E-state index contributed by atoms with van der Waals surface area (Å²) in [7, 11) is -2.93. The van der Waals surface area contributed by atoms with E-state index in [1.165, 1.54) is 0 Å². The highest BCUT2D eigenvalue weighted by Gasteiger charge is 2.32. The first-order valence-electron chi connectivity index (χ1n) is 7.78. The zero-order chi connectivity index (χ0) is 15.8. The van der Waals surface area contributed by atoms with Gasteiger partial charge in [-0.15, -0.1) is 0 Å². The first-order chi connectivity index (χ1) is 9.71. The minimum Gasteiger partial charge on any atom is -0.384 e. The van der Waals surface area contributed by atoms with Crippen molar-refractivity contribution in [1.29, 1.82) is 0 Å². The van der Waals surface area contributed by atoms with E-state index < -0.39 is 9.84 Å². The van der Waals surface area contributed by atoms with Crippen LogP contribution < -0.4 is 5.73 Å². The van der Waals surface area contributed by atoms with Gasteiger partial charge in [0.05, 0.1) is 23.2 Å². The molecule has 0 radical (unpaired) electrons. The summed E-state index contributed by atoms with van der Waals surface area (Å²) in [6, 6.07) is -0.0969. The van der Waals surface area contributed by atoms with Crippen molar-refractivity contribution in [3.8, 4) is 0 Å². The Kier molecular flexibility index (Phi) is 4.66. The van der Waals surface area contributed by atoms with E-state index in [-0.39, 0.29) is 17.5 Å². The van der Waals surface area contributed by atoms with Crippen LogP contribution in [0.2, 0.25) is 0 Å². The van der Waals surface area contributed by atoms with Crippen molar-refractivity contribution in [3.63, 3.8) is 0 Å². The first-order valence-corrected chi connectivity index (χ1v) is 9.60. The number of hydrogen-bond acceptors (Lipinski definition) is 4. The lowest BCUT2D eigenvalue weighted by molar-refractivity contribution is 0.496. The zero-order valence-corrected chi connectivity index (χ0v) is 14.3. The number of rotatable bonds is 5. The van der Waals surface area contributed by atoms with E-state index in [2.05, 4.69) is 32.8 Å². The molecule has 0 saturated carbocycles. The third-order valence-corrected chi connectivity index (χ3v) is 5.90. The average molecular weight is 313 g/mol. The average Bonchev–Trinajstić information content (AvgIpc) is 2.86. The van der Waals surface area contributed by atoms with E-state index >= 15 is 0 Å². The van der Waals surface area contributed by atoms with Crippen molar-refractivity contribution in [2.45, 2.75) is 58.9 Å². The van der Waals surface area contributed by atoms with Gasteiger partial charge in [-0.1, -0.05) is 27.7 Å². The summed E-state index contributed by atoms with van der Waals surface area (Å²) < 4.78 is 25.1. The Labute approximate surface area is 127 Å². The molecule has 1 saturated heterocycles. The molecule has 1 unspecified atom stereocenters. The van der Waals surface area contributed by atoms with Gasteiger partial charge in [0.1, 0.15) is 5.82 Å². The Morgan fingerprint density at radius 2 is 2.00 bits per heavy atom. The van der Waals surface area contributed by atoms with Gasteiger partial charge in [0.15, 0.2) is 9.84 Å². The Balaban J connectivity index is 2.32. The van der Waals surface area contributed by atoms with Crippen LogP contribution in [0.5, 0.6) is 0 Å². The number of sulfone groups is 1. The lowest BCUT2D eigenvalue weighted by atomic mass is 9.98. The lowest BCUT2D eigenvalue weighted by Gasteiger charge is -2.11. The number of nitrogen functional groups attached to an aromatic ring is 1. The minimum absolute atomic E-state index is 0.0969.